The molecule has 13 heteroatoms. The number of hydrogen-bond donors (Lipinski definition) is 3. The third-order valence-electron chi connectivity index (χ3n) is 7.18. The van der Waals surface area contributed by atoms with Gasteiger partial charge in [-0.15, -0.1) is 11.3 Å². The first-order chi connectivity index (χ1) is 21.6. The number of halogens is 4. The highest BCUT2D eigenvalue weighted by Crippen LogP contribution is 2.31. The summed E-state index contributed by atoms with van der Waals surface area (Å²) < 4.78 is 52.7. The molecule has 1 fully saturated rings. The summed E-state index contributed by atoms with van der Waals surface area (Å²) in [5.74, 6) is -1.11. The predicted octanol–water partition coefficient (Wildman–Crippen LogP) is 6.83. The van der Waals surface area contributed by atoms with Gasteiger partial charge >= 0.3 is 12.2 Å². The fourth-order valence-electron chi connectivity index (χ4n) is 4.89. The van der Waals surface area contributed by atoms with Crippen molar-refractivity contribution in [3.05, 3.63) is 112 Å². The third kappa shape index (κ3) is 8.18. The van der Waals surface area contributed by atoms with E-state index in [1.807, 2.05) is 4.90 Å². The van der Waals surface area contributed by atoms with E-state index < -0.39 is 23.7 Å². The Kier molecular flexibility index (Phi) is 9.67. The van der Waals surface area contributed by atoms with Gasteiger partial charge in [0.15, 0.2) is 0 Å². The Bertz CT molecular complexity index is 1660. The minimum absolute atomic E-state index is 0.0382. The molecule has 0 saturated carbocycles. The number of carbonyl (C=O) groups is 3. The van der Waals surface area contributed by atoms with E-state index in [0.717, 1.165) is 12.1 Å². The second kappa shape index (κ2) is 13.8. The van der Waals surface area contributed by atoms with Gasteiger partial charge in [0.05, 0.1) is 16.0 Å². The number of nitrogens with zero attached hydrogens (tertiary/aromatic N) is 2. The number of rotatable bonds is 7. The molecule has 1 aromatic heterocycles. The fraction of sp³-hybridized carbons (Fsp3) is 0.219. The average Bonchev–Trinajstić information content (AvgIpc) is 3.45. The summed E-state index contributed by atoms with van der Waals surface area (Å²) in [6, 6.07) is 18.1. The van der Waals surface area contributed by atoms with Gasteiger partial charge in [-0.25, -0.2) is 9.18 Å². The highest BCUT2D eigenvalue weighted by molar-refractivity contribution is 7.12. The Morgan fingerprint density at radius 1 is 0.800 bits per heavy atom. The number of thiophene rings is 1. The summed E-state index contributed by atoms with van der Waals surface area (Å²) in [7, 11) is 0. The van der Waals surface area contributed by atoms with Gasteiger partial charge < -0.3 is 25.8 Å². The van der Waals surface area contributed by atoms with Crippen molar-refractivity contribution >= 4 is 46.2 Å². The van der Waals surface area contributed by atoms with Crippen LogP contribution in [0.25, 0.3) is 0 Å². The zero-order chi connectivity index (χ0) is 32.0. The molecule has 2 heterocycles. The fourth-order valence-corrected chi connectivity index (χ4v) is 5.51. The molecule has 0 aliphatic carbocycles. The van der Waals surface area contributed by atoms with Crippen molar-refractivity contribution in [1.29, 1.82) is 0 Å². The minimum atomic E-state index is -4.53. The Morgan fingerprint density at radius 3 is 2.31 bits per heavy atom. The van der Waals surface area contributed by atoms with Crippen LogP contribution in [-0.4, -0.2) is 48.9 Å². The van der Waals surface area contributed by atoms with Crippen molar-refractivity contribution < 1.29 is 31.9 Å². The Hall–Kier alpha value is -4.91. The molecule has 8 nitrogen and oxygen atoms in total. The van der Waals surface area contributed by atoms with Crippen molar-refractivity contribution in [3.8, 4) is 0 Å². The van der Waals surface area contributed by atoms with Gasteiger partial charge in [-0.3, -0.25) is 9.59 Å². The predicted molar refractivity (Wildman–Crippen MR) is 165 cm³/mol. The first-order valence-corrected chi connectivity index (χ1v) is 14.9. The van der Waals surface area contributed by atoms with Gasteiger partial charge in [0.1, 0.15) is 5.82 Å². The van der Waals surface area contributed by atoms with E-state index in [1.54, 1.807) is 47.8 Å². The van der Waals surface area contributed by atoms with Crippen LogP contribution in [0.4, 0.5) is 39.4 Å². The van der Waals surface area contributed by atoms with Crippen LogP contribution < -0.4 is 20.9 Å². The monoisotopic (exact) mass is 639 g/mol. The van der Waals surface area contributed by atoms with Crippen LogP contribution in [0.15, 0.2) is 84.2 Å². The van der Waals surface area contributed by atoms with E-state index in [-0.39, 0.29) is 30.5 Å². The second-order valence-electron chi connectivity index (χ2n) is 10.3. The lowest BCUT2D eigenvalue weighted by molar-refractivity contribution is -0.137. The minimum Gasteiger partial charge on any atom is -0.369 e. The number of alkyl halides is 3. The largest absolute Gasteiger partial charge is 0.416 e. The molecule has 1 aliphatic heterocycles. The molecule has 1 aliphatic rings. The van der Waals surface area contributed by atoms with Gasteiger partial charge in [-0.2, -0.15) is 13.2 Å². The van der Waals surface area contributed by atoms with E-state index in [4.69, 9.17) is 0 Å². The van der Waals surface area contributed by atoms with Crippen molar-refractivity contribution in [1.82, 2.24) is 10.2 Å². The van der Waals surface area contributed by atoms with E-state index >= 15 is 0 Å². The molecule has 4 amide bonds. The van der Waals surface area contributed by atoms with Gasteiger partial charge in [0.2, 0.25) is 0 Å². The number of benzene rings is 3. The van der Waals surface area contributed by atoms with Crippen molar-refractivity contribution in [2.45, 2.75) is 19.1 Å². The van der Waals surface area contributed by atoms with Crippen LogP contribution >= 0.6 is 11.3 Å². The summed E-state index contributed by atoms with van der Waals surface area (Å²) in [5.41, 5.74) is 1.18. The lowest BCUT2D eigenvalue weighted by atomic mass is 10.1. The van der Waals surface area contributed by atoms with Gasteiger partial charge in [-0.05, 0) is 72.0 Å². The summed E-state index contributed by atoms with van der Waals surface area (Å²) >= 11 is 1.29. The first kappa shape index (κ1) is 31.5. The van der Waals surface area contributed by atoms with E-state index in [9.17, 15) is 31.9 Å². The SMILES string of the molecule is O=C(Nc1ccc(N2CCCN(C(=O)Nc3cccc(C(F)(F)F)c3)CC2)c(C(=O)NCc2ccc(F)cc2)c1)c1cccs1. The smallest absolute Gasteiger partial charge is 0.369 e. The van der Waals surface area contributed by atoms with E-state index in [2.05, 4.69) is 16.0 Å². The summed E-state index contributed by atoms with van der Waals surface area (Å²) in [4.78, 5) is 43.1. The van der Waals surface area contributed by atoms with E-state index in [0.29, 0.717) is 53.4 Å². The Morgan fingerprint density at radius 2 is 1.58 bits per heavy atom. The lowest BCUT2D eigenvalue weighted by Crippen LogP contribution is -2.38. The van der Waals surface area contributed by atoms with Gasteiger partial charge in [0.25, 0.3) is 11.8 Å². The maximum Gasteiger partial charge on any atom is 0.416 e. The molecular weight excluding hydrogens is 610 g/mol. The Labute approximate surface area is 260 Å². The number of urea groups is 1. The molecule has 234 valence electrons. The van der Waals surface area contributed by atoms with Crippen molar-refractivity contribution in [3.63, 3.8) is 0 Å². The topological polar surface area (TPSA) is 93.8 Å². The molecule has 45 heavy (non-hydrogen) atoms. The van der Waals surface area contributed by atoms with Crippen LogP contribution in [0.1, 0.15) is 37.6 Å². The molecule has 0 bridgehead atoms. The quantitative estimate of drug-likeness (QED) is 0.193. The molecule has 0 unspecified atom stereocenters. The van der Waals surface area contributed by atoms with Gasteiger partial charge in [0, 0.05) is 49.8 Å². The van der Waals surface area contributed by atoms with Crippen LogP contribution in [0.2, 0.25) is 0 Å². The number of amides is 4. The maximum atomic E-state index is 13.5. The van der Waals surface area contributed by atoms with E-state index in [1.165, 1.54) is 40.5 Å². The number of nitrogens with one attached hydrogen (secondary N) is 3. The first-order valence-electron chi connectivity index (χ1n) is 14.1. The number of hydrogen-bond acceptors (Lipinski definition) is 5. The summed E-state index contributed by atoms with van der Waals surface area (Å²) in [6.07, 6.45) is -4.00. The standard InChI is InChI=1S/C32H29F4N5O3S/c33-23-9-7-21(8-10-23)20-37-29(42)26-19-25(38-30(43)28-6-2-17-45-28)11-12-27(26)40-13-3-14-41(16-15-40)31(44)39-24-5-1-4-22(18-24)32(34,35)36/h1-2,4-12,17-19H,3,13-16,20H2,(H,37,42)(H,38,43)(H,39,44). The normalized spacial score (nSPS) is 13.6. The average molecular weight is 640 g/mol. The molecule has 3 aromatic carbocycles. The molecular formula is C32H29F4N5O3S. The summed E-state index contributed by atoms with van der Waals surface area (Å²) in [5, 5.41) is 10.0. The van der Waals surface area contributed by atoms with Gasteiger partial charge in [-0.1, -0.05) is 24.3 Å². The molecule has 4 aromatic rings. The highest BCUT2D eigenvalue weighted by atomic mass is 32.1. The third-order valence-corrected chi connectivity index (χ3v) is 8.04. The molecule has 1 saturated heterocycles. The van der Waals surface area contributed by atoms with Crippen LogP contribution in [0.5, 0.6) is 0 Å². The number of carbonyl (C=O) groups excluding carboxylic acids is 3. The van der Waals surface area contributed by atoms with Crippen molar-refractivity contribution in [2.75, 3.05) is 41.7 Å². The molecule has 0 spiro atoms. The Balaban J connectivity index is 1.31. The zero-order valence-electron chi connectivity index (χ0n) is 23.9. The molecule has 0 radical (unpaired) electrons. The summed E-state index contributed by atoms with van der Waals surface area (Å²) in [6.45, 7) is 1.58. The molecule has 3 N–H and O–H groups in total. The van der Waals surface area contributed by atoms with Crippen LogP contribution in [0.3, 0.4) is 0 Å². The second-order valence-corrected chi connectivity index (χ2v) is 11.3. The zero-order valence-corrected chi connectivity index (χ0v) is 24.7. The lowest BCUT2D eigenvalue weighted by Gasteiger charge is -2.26. The van der Waals surface area contributed by atoms with Crippen LogP contribution in [0, 0.1) is 5.82 Å². The number of anilines is 3. The van der Waals surface area contributed by atoms with Crippen LogP contribution in [-0.2, 0) is 12.7 Å². The molecule has 0 atom stereocenters. The van der Waals surface area contributed by atoms with Crippen molar-refractivity contribution in [2.24, 2.45) is 0 Å². The molecule has 5 rings (SSSR count). The highest BCUT2D eigenvalue weighted by Gasteiger charge is 2.31. The maximum absolute atomic E-state index is 13.5.